The number of carbonyl (C=O) groups is 1. The molecule has 2 heterocycles. The second-order valence-electron chi connectivity index (χ2n) is 7.17. The Morgan fingerprint density at radius 3 is 2.63 bits per heavy atom. The Kier molecular flexibility index (Phi) is 5.79. The topological polar surface area (TPSA) is 70.2 Å². The summed E-state index contributed by atoms with van der Waals surface area (Å²) in [4.78, 5) is 23.7. The highest BCUT2D eigenvalue weighted by atomic mass is 35.5. The van der Waals surface area contributed by atoms with Crippen LogP contribution in [0.15, 0.2) is 42.5 Å². The van der Waals surface area contributed by atoms with E-state index in [0.29, 0.717) is 34.5 Å². The van der Waals surface area contributed by atoms with E-state index < -0.39 is 0 Å². The van der Waals surface area contributed by atoms with Crippen LogP contribution >= 0.6 is 23.2 Å². The van der Waals surface area contributed by atoms with Crippen LogP contribution in [-0.4, -0.2) is 22.9 Å². The standard InChI is InChI=1S/C22H21Cl2N5O/c1-13-27-20(25-2)9-21(28-13)29-11-16-4-3-14(7-17(16)12-29)22(30)26-10-15-5-6-18(23)8-19(15)24/h3-9H,10-12H2,1-2H3,(H,26,30)(H,25,27,28). The van der Waals surface area contributed by atoms with E-state index in [0.717, 1.165) is 29.3 Å². The molecule has 0 aliphatic carbocycles. The average Bonchev–Trinajstić information content (AvgIpc) is 3.16. The van der Waals surface area contributed by atoms with Gasteiger partial charge in [0.2, 0.25) is 0 Å². The van der Waals surface area contributed by atoms with Crippen LogP contribution < -0.4 is 15.5 Å². The molecule has 8 heteroatoms. The first kappa shape index (κ1) is 20.4. The molecule has 3 aromatic rings. The smallest absolute Gasteiger partial charge is 0.251 e. The summed E-state index contributed by atoms with van der Waals surface area (Å²) in [7, 11) is 1.84. The molecule has 0 atom stereocenters. The van der Waals surface area contributed by atoms with E-state index in [4.69, 9.17) is 23.2 Å². The number of aryl methyl sites for hydroxylation is 1. The van der Waals surface area contributed by atoms with Crippen LogP contribution in [0.1, 0.15) is 32.9 Å². The van der Waals surface area contributed by atoms with Gasteiger partial charge in [-0.05, 0) is 47.9 Å². The van der Waals surface area contributed by atoms with Crippen LogP contribution in [0.25, 0.3) is 0 Å². The number of anilines is 2. The van der Waals surface area contributed by atoms with Crippen molar-refractivity contribution >= 4 is 40.7 Å². The van der Waals surface area contributed by atoms with Crippen molar-refractivity contribution in [3.63, 3.8) is 0 Å². The number of hydrogen-bond donors (Lipinski definition) is 2. The Balaban J connectivity index is 1.46. The number of rotatable bonds is 5. The number of benzene rings is 2. The minimum Gasteiger partial charge on any atom is -0.373 e. The van der Waals surface area contributed by atoms with Crippen LogP contribution in [0, 0.1) is 6.92 Å². The number of halogens is 2. The molecule has 0 unspecified atom stereocenters. The predicted molar refractivity (Wildman–Crippen MR) is 120 cm³/mol. The van der Waals surface area contributed by atoms with Gasteiger partial charge >= 0.3 is 0 Å². The second-order valence-corrected chi connectivity index (χ2v) is 8.01. The SMILES string of the molecule is CNc1cc(N2Cc3ccc(C(=O)NCc4ccc(Cl)cc4Cl)cc3C2)nc(C)n1. The van der Waals surface area contributed by atoms with Crippen molar-refractivity contribution in [1.29, 1.82) is 0 Å². The quantitative estimate of drug-likeness (QED) is 0.605. The molecule has 0 saturated carbocycles. The van der Waals surface area contributed by atoms with Crippen LogP contribution in [0.5, 0.6) is 0 Å². The van der Waals surface area contributed by atoms with Crippen molar-refractivity contribution in [3.8, 4) is 0 Å². The Bertz CT molecular complexity index is 1120. The summed E-state index contributed by atoms with van der Waals surface area (Å²) in [5.74, 6) is 2.23. The number of nitrogens with zero attached hydrogens (tertiary/aromatic N) is 3. The van der Waals surface area contributed by atoms with Crippen LogP contribution in [0.2, 0.25) is 10.0 Å². The third-order valence-electron chi connectivity index (χ3n) is 5.05. The minimum absolute atomic E-state index is 0.141. The van der Waals surface area contributed by atoms with E-state index >= 15 is 0 Å². The molecule has 2 N–H and O–H groups in total. The number of nitrogens with one attached hydrogen (secondary N) is 2. The van der Waals surface area contributed by atoms with Crippen LogP contribution in [0.4, 0.5) is 11.6 Å². The van der Waals surface area contributed by atoms with Gasteiger partial charge in [-0.1, -0.05) is 35.3 Å². The number of aromatic nitrogens is 2. The molecule has 2 aromatic carbocycles. The third kappa shape index (κ3) is 4.35. The fourth-order valence-corrected chi connectivity index (χ4v) is 3.96. The monoisotopic (exact) mass is 441 g/mol. The van der Waals surface area contributed by atoms with E-state index in [1.807, 2.05) is 44.3 Å². The second kappa shape index (κ2) is 8.50. The van der Waals surface area contributed by atoms with Crippen LogP contribution in [-0.2, 0) is 19.6 Å². The van der Waals surface area contributed by atoms with Crippen molar-refractivity contribution in [2.45, 2.75) is 26.6 Å². The normalized spacial score (nSPS) is 12.6. The highest BCUT2D eigenvalue weighted by molar-refractivity contribution is 6.35. The van der Waals surface area contributed by atoms with Crippen molar-refractivity contribution in [2.24, 2.45) is 0 Å². The van der Waals surface area contributed by atoms with E-state index in [1.54, 1.807) is 12.1 Å². The van der Waals surface area contributed by atoms with Gasteiger partial charge in [0.05, 0.1) is 0 Å². The van der Waals surface area contributed by atoms with Gasteiger partial charge in [0, 0.05) is 48.4 Å². The first-order valence-corrected chi connectivity index (χ1v) is 10.3. The number of fused-ring (bicyclic) bond motifs is 1. The van der Waals surface area contributed by atoms with Gasteiger partial charge in [0.1, 0.15) is 17.5 Å². The predicted octanol–water partition coefficient (Wildman–Crippen LogP) is 4.58. The molecule has 0 radical (unpaired) electrons. The summed E-state index contributed by atoms with van der Waals surface area (Å²) in [5.41, 5.74) is 3.75. The molecule has 0 spiro atoms. The molecule has 154 valence electrons. The van der Waals surface area contributed by atoms with E-state index in [9.17, 15) is 4.79 Å². The maximum atomic E-state index is 12.7. The van der Waals surface area contributed by atoms with Gasteiger partial charge in [-0.15, -0.1) is 0 Å². The zero-order valence-corrected chi connectivity index (χ0v) is 18.2. The number of hydrogen-bond acceptors (Lipinski definition) is 5. The van der Waals surface area contributed by atoms with Crippen molar-refractivity contribution < 1.29 is 4.79 Å². The van der Waals surface area contributed by atoms with E-state index in [1.165, 1.54) is 5.56 Å². The molecule has 0 saturated heterocycles. The molecule has 4 rings (SSSR count). The molecular weight excluding hydrogens is 421 g/mol. The zero-order chi connectivity index (χ0) is 21.3. The molecule has 0 fully saturated rings. The lowest BCUT2D eigenvalue weighted by Crippen LogP contribution is -2.23. The average molecular weight is 442 g/mol. The zero-order valence-electron chi connectivity index (χ0n) is 16.7. The summed E-state index contributed by atoms with van der Waals surface area (Å²) in [5, 5.41) is 7.09. The lowest BCUT2D eigenvalue weighted by Gasteiger charge is -2.17. The summed E-state index contributed by atoms with van der Waals surface area (Å²) in [6.45, 7) is 3.66. The highest BCUT2D eigenvalue weighted by Gasteiger charge is 2.22. The summed E-state index contributed by atoms with van der Waals surface area (Å²) in [6.07, 6.45) is 0. The minimum atomic E-state index is -0.141. The summed E-state index contributed by atoms with van der Waals surface area (Å²) < 4.78 is 0. The van der Waals surface area contributed by atoms with E-state index in [2.05, 4.69) is 25.5 Å². The lowest BCUT2D eigenvalue weighted by molar-refractivity contribution is 0.0951. The van der Waals surface area contributed by atoms with E-state index in [-0.39, 0.29) is 5.91 Å². The Morgan fingerprint density at radius 2 is 1.87 bits per heavy atom. The fourth-order valence-electron chi connectivity index (χ4n) is 3.48. The first-order chi connectivity index (χ1) is 14.4. The Labute approximate surface area is 185 Å². The third-order valence-corrected chi connectivity index (χ3v) is 5.64. The summed E-state index contributed by atoms with van der Waals surface area (Å²) in [6, 6.07) is 13.0. The van der Waals surface area contributed by atoms with Crippen molar-refractivity contribution in [3.05, 3.63) is 80.6 Å². The Morgan fingerprint density at radius 1 is 1.07 bits per heavy atom. The Hall–Kier alpha value is -2.83. The highest BCUT2D eigenvalue weighted by Crippen LogP contribution is 2.29. The number of amides is 1. The first-order valence-electron chi connectivity index (χ1n) is 9.55. The molecule has 0 bridgehead atoms. The largest absolute Gasteiger partial charge is 0.373 e. The molecule has 1 aromatic heterocycles. The molecule has 6 nitrogen and oxygen atoms in total. The number of carbonyl (C=O) groups excluding carboxylic acids is 1. The fraction of sp³-hybridized carbons (Fsp3) is 0.227. The van der Waals surface area contributed by atoms with Crippen molar-refractivity contribution in [1.82, 2.24) is 15.3 Å². The molecule has 30 heavy (non-hydrogen) atoms. The van der Waals surface area contributed by atoms with Gasteiger partial charge < -0.3 is 15.5 Å². The molecule has 1 aliphatic heterocycles. The maximum Gasteiger partial charge on any atom is 0.251 e. The van der Waals surface area contributed by atoms with Gasteiger partial charge in [-0.2, -0.15) is 0 Å². The molecule has 1 amide bonds. The molecule has 1 aliphatic rings. The summed E-state index contributed by atoms with van der Waals surface area (Å²) >= 11 is 12.1. The van der Waals surface area contributed by atoms with Gasteiger partial charge in [-0.25, -0.2) is 9.97 Å². The van der Waals surface area contributed by atoms with Gasteiger partial charge in [-0.3, -0.25) is 4.79 Å². The maximum absolute atomic E-state index is 12.7. The van der Waals surface area contributed by atoms with Crippen LogP contribution in [0.3, 0.4) is 0 Å². The van der Waals surface area contributed by atoms with Gasteiger partial charge in [0.25, 0.3) is 5.91 Å². The molecular formula is C22H21Cl2N5O. The lowest BCUT2D eigenvalue weighted by atomic mass is 10.1. The van der Waals surface area contributed by atoms with Crippen molar-refractivity contribution in [2.75, 3.05) is 17.3 Å². The van der Waals surface area contributed by atoms with Gasteiger partial charge in [0.15, 0.2) is 0 Å².